The fourth-order valence-corrected chi connectivity index (χ4v) is 2.94. The molecule has 1 radical (unpaired) electrons. The van der Waals surface area contributed by atoms with Crippen LogP contribution < -0.4 is 0 Å². The molecule has 0 aromatic carbocycles. The van der Waals surface area contributed by atoms with Gasteiger partial charge in [-0.3, -0.25) is 9.69 Å². The van der Waals surface area contributed by atoms with Crippen LogP contribution in [-0.2, 0) is 4.79 Å². The second kappa shape index (κ2) is 22.2. The SMILES string of the molecule is CCCCCCCCC=CCCCCCCCCN(C)CC(=O)O.[Na]. The molecule has 1 N–H and O–H groups in total. The van der Waals surface area contributed by atoms with Crippen LogP contribution in [-0.4, -0.2) is 65.7 Å². The number of rotatable bonds is 18. The third-order valence-corrected chi connectivity index (χ3v) is 4.46. The summed E-state index contributed by atoms with van der Waals surface area (Å²) in [4.78, 5) is 12.4. The minimum absolute atomic E-state index is 0. The van der Waals surface area contributed by atoms with Gasteiger partial charge in [0, 0.05) is 29.6 Å². The summed E-state index contributed by atoms with van der Waals surface area (Å²) in [5, 5.41) is 8.67. The largest absolute Gasteiger partial charge is 0.480 e. The summed E-state index contributed by atoms with van der Waals surface area (Å²) in [5.74, 6) is -0.734. The van der Waals surface area contributed by atoms with Crippen molar-refractivity contribution in [3.05, 3.63) is 12.2 Å². The van der Waals surface area contributed by atoms with Crippen LogP contribution in [0.4, 0.5) is 0 Å². The number of unbranched alkanes of at least 4 members (excludes halogenated alkanes) is 12. The maximum atomic E-state index is 10.5. The molecule has 0 saturated heterocycles. The van der Waals surface area contributed by atoms with E-state index in [1.165, 1.54) is 83.5 Å². The smallest absolute Gasteiger partial charge is 0.317 e. The summed E-state index contributed by atoms with van der Waals surface area (Å²) in [7, 11) is 1.88. The number of carboxylic acid groups (broad SMARTS) is 1. The van der Waals surface area contributed by atoms with Gasteiger partial charge < -0.3 is 5.11 Å². The van der Waals surface area contributed by atoms with Crippen molar-refractivity contribution in [1.29, 1.82) is 0 Å². The second-order valence-electron chi connectivity index (χ2n) is 7.07. The third kappa shape index (κ3) is 24.2. The van der Waals surface area contributed by atoms with Crippen LogP contribution in [0.3, 0.4) is 0 Å². The van der Waals surface area contributed by atoms with Gasteiger partial charge in [0.25, 0.3) is 0 Å². The van der Waals surface area contributed by atoms with Gasteiger partial charge in [0.1, 0.15) is 0 Å². The molecule has 4 heteroatoms. The zero-order valence-corrected chi connectivity index (χ0v) is 19.3. The van der Waals surface area contributed by atoms with E-state index in [4.69, 9.17) is 5.11 Å². The molecule has 3 nitrogen and oxygen atoms in total. The van der Waals surface area contributed by atoms with Crippen LogP contribution in [0.25, 0.3) is 0 Å². The maximum absolute atomic E-state index is 10.5. The summed E-state index contributed by atoms with van der Waals surface area (Å²) >= 11 is 0. The van der Waals surface area contributed by atoms with Gasteiger partial charge in [-0.15, -0.1) is 0 Å². The first-order valence-electron chi connectivity index (χ1n) is 10.2. The molecule has 0 aliphatic heterocycles. The van der Waals surface area contributed by atoms with Gasteiger partial charge in [0.2, 0.25) is 0 Å². The zero-order chi connectivity index (χ0) is 17.9. The fourth-order valence-electron chi connectivity index (χ4n) is 2.94. The Morgan fingerprint density at radius 2 is 1.24 bits per heavy atom. The number of likely N-dealkylation sites (N-methyl/N-ethyl adjacent to an activating group) is 1. The predicted molar refractivity (Wildman–Crippen MR) is 110 cm³/mol. The number of hydrogen-bond acceptors (Lipinski definition) is 2. The van der Waals surface area contributed by atoms with E-state index >= 15 is 0 Å². The Labute approximate surface area is 178 Å². The Kier molecular flexibility index (Phi) is 24.3. The van der Waals surface area contributed by atoms with Crippen LogP contribution in [0, 0.1) is 0 Å². The Balaban J connectivity index is 0. The average Bonchev–Trinajstić information content (AvgIpc) is 2.53. The molecular weight excluding hydrogens is 321 g/mol. The first kappa shape index (κ1) is 27.4. The van der Waals surface area contributed by atoms with Gasteiger partial charge in [-0.1, -0.05) is 76.9 Å². The van der Waals surface area contributed by atoms with Crippen LogP contribution in [0.15, 0.2) is 12.2 Å². The topological polar surface area (TPSA) is 40.5 Å². The van der Waals surface area contributed by atoms with E-state index in [1.54, 1.807) is 0 Å². The maximum Gasteiger partial charge on any atom is 0.317 e. The monoisotopic (exact) mass is 362 g/mol. The summed E-state index contributed by atoms with van der Waals surface area (Å²) in [5.41, 5.74) is 0. The third-order valence-electron chi connectivity index (χ3n) is 4.46. The molecule has 0 amide bonds. The number of carboxylic acids is 1. The van der Waals surface area contributed by atoms with Gasteiger partial charge in [-0.2, -0.15) is 0 Å². The molecule has 0 bridgehead atoms. The van der Waals surface area contributed by atoms with Gasteiger partial charge in [-0.05, 0) is 45.7 Å². The summed E-state index contributed by atoms with van der Waals surface area (Å²) in [6, 6.07) is 0. The minimum Gasteiger partial charge on any atom is -0.480 e. The summed E-state index contributed by atoms with van der Waals surface area (Å²) in [6.45, 7) is 3.32. The molecule has 25 heavy (non-hydrogen) atoms. The van der Waals surface area contributed by atoms with Crippen molar-refractivity contribution >= 4 is 35.5 Å². The van der Waals surface area contributed by atoms with E-state index in [0.29, 0.717) is 0 Å². The fraction of sp³-hybridized carbons (Fsp3) is 0.857. The number of aliphatic carboxylic acids is 1. The summed E-state index contributed by atoms with van der Waals surface area (Å²) in [6.07, 6.45) is 23.1. The Hall–Kier alpha value is 0.170. The molecule has 0 aromatic heterocycles. The van der Waals surface area contributed by atoms with Gasteiger partial charge >= 0.3 is 5.97 Å². The minimum atomic E-state index is -0.734. The predicted octanol–water partition coefficient (Wildman–Crippen LogP) is 5.66. The number of hydrogen-bond donors (Lipinski definition) is 1. The molecule has 0 spiro atoms. The molecule has 0 fully saturated rings. The van der Waals surface area contributed by atoms with Crippen molar-refractivity contribution < 1.29 is 9.90 Å². The van der Waals surface area contributed by atoms with Crippen molar-refractivity contribution in [2.75, 3.05) is 20.1 Å². The van der Waals surface area contributed by atoms with Crippen LogP contribution >= 0.6 is 0 Å². The normalized spacial score (nSPS) is 11.2. The van der Waals surface area contributed by atoms with E-state index in [0.717, 1.165) is 13.0 Å². The molecule has 0 saturated carbocycles. The van der Waals surface area contributed by atoms with Gasteiger partial charge in [-0.25, -0.2) is 0 Å². The Morgan fingerprint density at radius 1 is 0.800 bits per heavy atom. The van der Waals surface area contributed by atoms with Crippen LogP contribution in [0.1, 0.15) is 96.8 Å². The Bertz CT molecular complexity index is 308. The van der Waals surface area contributed by atoms with Crippen molar-refractivity contribution in [3.8, 4) is 0 Å². The van der Waals surface area contributed by atoms with Crippen LogP contribution in [0.5, 0.6) is 0 Å². The van der Waals surface area contributed by atoms with E-state index in [9.17, 15) is 4.79 Å². The molecule has 0 aliphatic carbocycles. The van der Waals surface area contributed by atoms with Crippen molar-refractivity contribution in [1.82, 2.24) is 4.90 Å². The van der Waals surface area contributed by atoms with Gasteiger partial charge in [0.15, 0.2) is 0 Å². The van der Waals surface area contributed by atoms with E-state index in [2.05, 4.69) is 19.1 Å². The molecular formula is C21H41NNaO2. The molecule has 0 unspecified atom stereocenters. The first-order chi connectivity index (χ1) is 11.7. The van der Waals surface area contributed by atoms with Crippen molar-refractivity contribution in [3.63, 3.8) is 0 Å². The molecule has 0 aliphatic rings. The van der Waals surface area contributed by atoms with Crippen molar-refractivity contribution in [2.45, 2.75) is 96.8 Å². The molecule has 0 rings (SSSR count). The second-order valence-corrected chi connectivity index (χ2v) is 7.07. The van der Waals surface area contributed by atoms with E-state index in [-0.39, 0.29) is 36.1 Å². The first-order valence-corrected chi connectivity index (χ1v) is 10.2. The molecule has 0 atom stereocenters. The summed E-state index contributed by atoms with van der Waals surface area (Å²) < 4.78 is 0. The van der Waals surface area contributed by atoms with Crippen LogP contribution in [0.2, 0.25) is 0 Å². The quantitative estimate of drug-likeness (QED) is 0.194. The average molecular weight is 363 g/mol. The zero-order valence-electron chi connectivity index (χ0n) is 17.3. The number of allylic oxidation sites excluding steroid dienone is 2. The number of nitrogens with zero attached hydrogens (tertiary/aromatic N) is 1. The van der Waals surface area contributed by atoms with E-state index < -0.39 is 5.97 Å². The van der Waals surface area contributed by atoms with Crippen molar-refractivity contribution in [2.24, 2.45) is 0 Å². The molecule has 143 valence electrons. The van der Waals surface area contributed by atoms with Gasteiger partial charge in [0.05, 0.1) is 6.54 Å². The van der Waals surface area contributed by atoms with E-state index in [1.807, 2.05) is 11.9 Å². The number of carbonyl (C=O) groups is 1. The molecule has 0 heterocycles. The molecule has 0 aromatic rings. The Morgan fingerprint density at radius 3 is 1.72 bits per heavy atom. The standard InChI is InChI=1S/C21H41NO2.Na/c1-3-4-5-6-7-8-9-10-11-12-13-14-15-16-17-18-19-22(2)20-21(23)24;/h10-11H,3-9,12-20H2,1-2H3,(H,23,24);.